The first-order valence-electron chi connectivity index (χ1n) is 8.42. The van der Waals surface area contributed by atoms with E-state index < -0.39 is 0 Å². The van der Waals surface area contributed by atoms with E-state index in [0.717, 1.165) is 44.8 Å². The van der Waals surface area contributed by atoms with E-state index in [1.165, 1.54) is 31.4 Å². The normalized spacial score (nSPS) is 18.6. The minimum absolute atomic E-state index is 0.673. The Kier molecular flexibility index (Phi) is 7.61. The molecule has 0 spiro atoms. The molecule has 1 atom stereocenters. The van der Waals surface area contributed by atoms with Gasteiger partial charge in [-0.05, 0) is 43.9 Å². The molecule has 1 aromatic carbocycles. The SMILES string of the molecule is CCc1ccccc1OCCCOCCC1CCCCN1. The fraction of sp³-hybridized carbons (Fsp3) is 0.667. The van der Waals surface area contributed by atoms with Gasteiger partial charge in [-0.1, -0.05) is 31.5 Å². The molecule has 118 valence electrons. The zero-order chi connectivity index (χ0) is 14.8. The minimum Gasteiger partial charge on any atom is -0.493 e. The Morgan fingerprint density at radius 2 is 2.05 bits per heavy atom. The van der Waals surface area contributed by atoms with Crippen LogP contribution in [0.1, 0.15) is 44.6 Å². The zero-order valence-electron chi connectivity index (χ0n) is 13.3. The van der Waals surface area contributed by atoms with E-state index in [0.29, 0.717) is 6.04 Å². The van der Waals surface area contributed by atoms with Crippen LogP contribution in [0.25, 0.3) is 0 Å². The molecule has 0 aromatic heterocycles. The number of nitrogens with one attached hydrogen (secondary N) is 1. The molecule has 21 heavy (non-hydrogen) atoms. The van der Waals surface area contributed by atoms with Crippen molar-refractivity contribution < 1.29 is 9.47 Å². The fourth-order valence-corrected chi connectivity index (χ4v) is 2.78. The van der Waals surface area contributed by atoms with Crippen LogP contribution in [-0.2, 0) is 11.2 Å². The molecule has 0 radical (unpaired) electrons. The number of piperidine rings is 1. The number of benzene rings is 1. The average Bonchev–Trinajstić information content (AvgIpc) is 2.55. The maximum atomic E-state index is 5.83. The van der Waals surface area contributed by atoms with Crippen molar-refractivity contribution in [2.45, 2.75) is 51.5 Å². The lowest BCUT2D eigenvalue weighted by Crippen LogP contribution is -2.34. The van der Waals surface area contributed by atoms with Gasteiger partial charge in [-0.3, -0.25) is 0 Å². The number of ether oxygens (including phenoxy) is 2. The standard InChI is InChI=1S/C18H29NO2/c1-2-16-8-3-4-10-18(16)21-14-7-13-20-15-11-17-9-5-6-12-19-17/h3-4,8,10,17,19H,2,5-7,9,11-15H2,1H3. The highest BCUT2D eigenvalue weighted by atomic mass is 16.5. The zero-order valence-corrected chi connectivity index (χ0v) is 13.3. The molecule has 1 aliphatic heterocycles. The van der Waals surface area contributed by atoms with Crippen molar-refractivity contribution in [1.29, 1.82) is 0 Å². The lowest BCUT2D eigenvalue weighted by Gasteiger charge is -2.23. The van der Waals surface area contributed by atoms with E-state index in [9.17, 15) is 0 Å². The minimum atomic E-state index is 0.673. The quantitative estimate of drug-likeness (QED) is 0.706. The van der Waals surface area contributed by atoms with Gasteiger partial charge < -0.3 is 14.8 Å². The van der Waals surface area contributed by atoms with Gasteiger partial charge in [-0.2, -0.15) is 0 Å². The Morgan fingerprint density at radius 1 is 1.14 bits per heavy atom. The topological polar surface area (TPSA) is 30.5 Å². The van der Waals surface area contributed by atoms with Gasteiger partial charge in [0.1, 0.15) is 5.75 Å². The Balaban J connectivity index is 1.50. The van der Waals surface area contributed by atoms with E-state index in [1.807, 2.05) is 6.07 Å². The molecule has 3 heteroatoms. The van der Waals surface area contributed by atoms with Crippen molar-refractivity contribution in [2.24, 2.45) is 0 Å². The molecule has 0 amide bonds. The van der Waals surface area contributed by atoms with Crippen LogP contribution in [0.2, 0.25) is 0 Å². The van der Waals surface area contributed by atoms with Gasteiger partial charge in [-0.15, -0.1) is 0 Å². The van der Waals surface area contributed by atoms with E-state index in [2.05, 4.69) is 30.4 Å². The molecule has 1 heterocycles. The van der Waals surface area contributed by atoms with Gasteiger partial charge >= 0.3 is 0 Å². The van der Waals surface area contributed by atoms with Crippen LogP contribution in [-0.4, -0.2) is 32.4 Å². The van der Waals surface area contributed by atoms with Crippen LogP contribution in [0.4, 0.5) is 0 Å². The summed E-state index contributed by atoms with van der Waals surface area (Å²) in [7, 11) is 0. The molecule has 1 aromatic rings. The average molecular weight is 291 g/mol. The Labute approximate surface area is 129 Å². The van der Waals surface area contributed by atoms with Crippen LogP contribution >= 0.6 is 0 Å². The number of aryl methyl sites for hydroxylation is 1. The summed E-state index contributed by atoms with van der Waals surface area (Å²) in [6.07, 6.45) is 7.10. The molecule has 1 unspecified atom stereocenters. The molecule has 1 saturated heterocycles. The molecule has 1 fully saturated rings. The number of hydrogen-bond acceptors (Lipinski definition) is 3. The maximum absolute atomic E-state index is 5.83. The van der Waals surface area contributed by atoms with Gasteiger partial charge in [0, 0.05) is 25.7 Å². The highest BCUT2D eigenvalue weighted by molar-refractivity contribution is 5.33. The van der Waals surface area contributed by atoms with Crippen LogP contribution < -0.4 is 10.1 Å². The monoisotopic (exact) mass is 291 g/mol. The summed E-state index contributed by atoms with van der Waals surface area (Å²) in [5.74, 6) is 1.02. The molecule has 0 bridgehead atoms. The summed E-state index contributed by atoms with van der Waals surface area (Å²) in [6.45, 7) is 5.73. The summed E-state index contributed by atoms with van der Waals surface area (Å²) in [4.78, 5) is 0. The van der Waals surface area contributed by atoms with Crippen LogP contribution in [0.3, 0.4) is 0 Å². The third kappa shape index (κ3) is 6.06. The van der Waals surface area contributed by atoms with Crippen molar-refractivity contribution in [3.8, 4) is 5.75 Å². The predicted octanol–water partition coefficient (Wildman–Crippen LogP) is 3.57. The molecule has 0 saturated carbocycles. The fourth-order valence-electron chi connectivity index (χ4n) is 2.78. The predicted molar refractivity (Wildman–Crippen MR) is 87.0 cm³/mol. The summed E-state index contributed by atoms with van der Waals surface area (Å²) in [5, 5.41) is 3.55. The second kappa shape index (κ2) is 9.80. The third-order valence-electron chi connectivity index (χ3n) is 4.07. The summed E-state index contributed by atoms with van der Waals surface area (Å²) in [6, 6.07) is 8.94. The molecule has 1 aliphatic rings. The first-order valence-corrected chi connectivity index (χ1v) is 8.42. The van der Waals surface area contributed by atoms with Crippen LogP contribution in [0.5, 0.6) is 5.75 Å². The third-order valence-corrected chi connectivity index (χ3v) is 4.07. The Bertz CT molecular complexity index is 389. The van der Waals surface area contributed by atoms with Crippen molar-refractivity contribution in [3.05, 3.63) is 29.8 Å². The van der Waals surface area contributed by atoms with Crippen molar-refractivity contribution in [3.63, 3.8) is 0 Å². The number of para-hydroxylation sites is 1. The molecule has 3 nitrogen and oxygen atoms in total. The molecule has 0 aliphatic carbocycles. The Morgan fingerprint density at radius 3 is 2.86 bits per heavy atom. The van der Waals surface area contributed by atoms with E-state index in [-0.39, 0.29) is 0 Å². The molecular formula is C18H29NO2. The van der Waals surface area contributed by atoms with Gasteiger partial charge in [-0.25, -0.2) is 0 Å². The van der Waals surface area contributed by atoms with Crippen molar-refractivity contribution in [2.75, 3.05) is 26.4 Å². The highest BCUT2D eigenvalue weighted by Gasteiger charge is 2.11. The maximum Gasteiger partial charge on any atom is 0.122 e. The lowest BCUT2D eigenvalue weighted by atomic mass is 10.0. The van der Waals surface area contributed by atoms with E-state index in [4.69, 9.17) is 9.47 Å². The molecular weight excluding hydrogens is 262 g/mol. The lowest BCUT2D eigenvalue weighted by molar-refractivity contribution is 0.108. The smallest absolute Gasteiger partial charge is 0.122 e. The second-order valence-corrected chi connectivity index (χ2v) is 5.71. The summed E-state index contributed by atoms with van der Waals surface area (Å²) in [5.41, 5.74) is 1.28. The number of rotatable bonds is 9. The second-order valence-electron chi connectivity index (χ2n) is 5.71. The van der Waals surface area contributed by atoms with E-state index in [1.54, 1.807) is 0 Å². The van der Waals surface area contributed by atoms with Crippen molar-refractivity contribution in [1.82, 2.24) is 5.32 Å². The summed E-state index contributed by atoms with van der Waals surface area (Å²) >= 11 is 0. The highest BCUT2D eigenvalue weighted by Crippen LogP contribution is 2.18. The first kappa shape index (κ1) is 16.3. The van der Waals surface area contributed by atoms with E-state index >= 15 is 0 Å². The molecule has 2 rings (SSSR count). The largest absolute Gasteiger partial charge is 0.493 e. The Hall–Kier alpha value is -1.06. The summed E-state index contributed by atoms with van der Waals surface area (Å²) < 4.78 is 11.5. The van der Waals surface area contributed by atoms with Crippen molar-refractivity contribution >= 4 is 0 Å². The van der Waals surface area contributed by atoms with Gasteiger partial charge in [0.2, 0.25) is 0 Å². The first-order chi connectivity index (χ1) is 10.4. The van der Waals surface area contributed by atoms with Gasteiger partial charge in [0.15, 0.2) is 0 Å². The van der Waals surface area contributed by atoms with Gasteiger partial charge in [0.25, 0.3) is 0 Å². The van der Waals surface area contributed by atoms with Gasteiger partial charge in [0.05, 0.1) is 6.61 Å². The van der Waals surface area contributed by atoms with Crippen LogP contribution in [0.15, 0.2) is 24.3 Å². The number of hydrogen-bond donors (Lipinski definition) is 1. The van der Waals surface area contributed by atoms with Crippen LogP contribution in [0, 0.1) is 0 Å². The molecule has 1 N–H and O–H groups in total.